The van der Waals surface area contributed by atoms with E-state index in [1.165, 1.54) is 17.4 Å². The number of hydrogen-bond acceptors (Lipinski definition) is 3. The van der Waals surface area contributed by atoms with Crippen LogP contribution in [0.5, 0.6) is 0 Å². The molecular weight excluding hydrogens is 282 g/mol. The van der Waals surface area contributed by atoms with Crippen LogP contribution in [0.25, 0.3) is 10.8 Å². The monoisotopic (exact) mass is 303 g/mol. The van der Waals surface area contributed by atoms with Crippen molar-refractivity contribution < 1.29 is 0 Å². The lowest BCUT2D eigenvalue weighted by atomic mass is 9.88. The molecule has 1 unspecified atom stereocenters. The number of hydrogen-bond donors (Lipinski definition) is 0. The first kappa shape index (κ1) is 14.6. The van der Waals surface area contributed by atoms with Crippen molar-refractivity contribution in [1.82, 2.24) is 9.97 Å². The van der Waals surface area contributed by atoms with E-state index >= 15 is 0 Å². The highest BCUT2D eigenvalue weighted by molar-refractivity contribution is 6.30. The maximum Gasteiger partial charge on any atom is 0.138 e. The quantitative estimate of drug-likeness (QED) is 0.773. The van der Waals surface area contributed by atoms with Crippen molar-refractivity contribution in [2.75, 3.05) is 11.4 Å². The molecule has 0 saturated carbocycles. The van der Waals surface area contributed by atoms with Gasteiger partial charge >= 0.3 is 0 Å². The van der Waals surface area contributed by atoms with Crippen molar-refractivity contribution >= 4 is 28.2 Å². The van der Waals surface area contributed by atoms with Gasteiger partial charge in [-0.05, 0) is 42.2 Å². The highest BCUT2D eigenvalue weighted by Crippen LogP contribution is 2.37. The average Bonchev–Trinajstić information content (AvgIpc) is 2.44. The van der Waals surface area contributed by atoms with Crippen molar-refractivity contribution in [3.05, 3.63) is 29.2 Å². The molecule has 0 radical (unpaired) electrons. The van der Waals surface area contributed by atoms with Crippen LogP contribution >= 0.6 is 11.6 Å². The van der Waals surface area contributed by atoms with E-state index in [4.69, 9.17) is 16.6 Å². The zero-order chi connectivity index (χ0) is 15.1. The lowest BCUT2D eigenvalue weighted by molar-refractivity contribution is 0.477. The van der Waals surface area contributed by atoms with Crippen molar-refractivity contribution in [2.24, 2.45) is 5.92 Å². The van der Waals surface area contributed by atoms with Crippen LogP contribution in [0.4, 0.5) is 5.82 Å². The minimum atomic E-state index is 0.446. The highest BCUT2D eigenvalue weighted by atomic mass is 35.5. The van der Waals surface area contributed by atoms with Gasteiger partial charge in [-0.3, -0.25) is 0 Å². The summed E-state index contributed by atoms with van der Waals surface area (Å²) in [6.07, 6.45) is 5.14. The van der Waals surface area contributed by atoms with E-state index in [0.717, 1.165) is 17.7 Å². The van der Waals surface area contributed by atoms with Gasteiger partial charge in [0, 0.05) is 30.4 Å². The maximum absolute atomic E-state index is 6.14. The molecule has 2 aromatic rings. The van der Waals surface area contributed by atoms with Crippen LogP contribution in [-0.4, -0.2) is 22.6 Å². The van der Waals surface area contributed by atoms with E-state index in [1.807, 2.05) is 18.5 Å². The Balaban J connectivity index is 2.19. The molecule has 3 rings (SSSR count). The van der Waals surface area contributed by atoms with E-state index in [0.29, 0.717) is 23.0 Å². The average molecular weight is 304 g/mol. The van der Waals surface area contributed by atoms with Crippen molar-refractivity contribution in [3.8, 4) is 0 Å². The first-order chi connectivity index (χ1) is 9.99. The van der Waals surface area contributed by atoms with E-state index in [9.17, 15) is 0 Å². The number of pyridine rings is 2. The summed E-state index contributed by atoms with van der Waals surface area (Å²) in [7, 11) is 0. The number of aromatic nitrogens is 2. The third-order valence-electron chi connectivity index (χ3n) is 4.83. The number of nitrogens with zero attached hydrogens (tertiary/aromatic N) is 3. The topological polar surface area (TPSA) is 29.0 Å². The Labute approximate surface area is 131 Å². The summed E-state index contributed by atoms with van der Waals surface area (Å²) in [6.45, 7) is 10.0. The Kier molecular flexibility index (Phi) is 3.78. The van der Waals surface area contributed by atoms with Crippen LogP contribution in [0, 0.1) is 5.92 Å². The third-order valence-corrected chi connectivity index (χ3v) is 5.04. The summed E-state index contributed by atoms with van der Waals surface area (Å²) < 4.78 is 0. The number of fused-ring (bicyclic) bond motifs is 1. The Morgan fingerprint density at radius 3 is 2.52 bits per heavy atom. The molecule has 0 spiro atoms. The minimum Gasteiger partial charge on any atom is -0.353 e. The molecule has 21 heavy (non-hydrogen) atoms. The molecule has 0 N–H and O–H groups in total. The number of halogens is 1. The molecule has 4 heteroatoms. The Morgan fingerprint density at radius 1 is 1.19 bits per heavy atom. The van der Waals surface area contributed by atoms with Crippen LogP contribution < -0.4 is 4.90 Å². The second-order valence-electron chi connectivity index (χ2n) is 6.45. The van der Waals surface area contributed by atoms with Crippen LogP contribution in [0.15, 0.2) is 18.5 Å². The summed E-state index contributed by atoms with van der Waals surface area (Å²) in [5, 5.41) is 2.87. The van der Waals surface area contributed by atoms with Crippen molar-refractivity contribution in [3.63, 3.8) is 0 Å². The molecule has 1 aliphatic rings. The van der Waals surface area contributed by atoms with Gasteiger partial charge in [-0.15, -0.1) is 0 Å². The summed E-state index contributed by atoms with van der Waals surface area (Å²) in [4.78, 5) is 11.4. The summed E-state index contributed by atoms with van der Waals surface area (Å²) in [5.74, 6) is 2.06. The molecule has 2 aromatic heterocycles. The zero-order valence-corrected chi connectivity index (χ0v) is 13.9. The lowest BCUT2D eigenvalue weighted by Crippen LogP contribution is -2.46. The van der Waals surface area contributed by atoms with Gasteiger partial charge in [0.05, 0.1) is 0 Å². The predicted octanol–water partition coefficient (Wildman–Crippen LogP) is 4.64. The van der Waals surface area contributed by atoms with E-state index < -0.39 is 0 Å². The molecule has 0 aromatic carbocycles. The Bertz CT molecular complexity index is 668. The number of rotatable bonds is 3. The molecule has 2 atom stereocenters. The molecule has 3 nitrogen and oxygen atoms in total. The SMILES string of the molecule is CC(C)C(C)c1cnc(N2CC[C@H]2C)c2cnc(Cl)cc12. The van der Waals surface area contributed by atoms with Crippen molar-refractivity contribution in [1.29, 1.82) is 0 Å². The molecule has 1 saturated heterocycles. The van der Waals surface area contributed by atoms with Crippen LogP contribution in [0.2, 0.25) is 5.15 Å². The zero-order valence-electron chi connectivity index (χ0n) is 13.1. The van der Waals surface area contributed by atoms with Gasteiger partial charge in [-0.25, -0.2) is 9.97 Å². The second-order valence-corrected chi connectivity index (χ2v) is 6.84. The fraction of sp³-hybridized carbons (Fsp3) is 0.529. The molecule has 1 aliphatic heterocycles. The maximum atomic E-state index is 6.14. The molecule has 112 valence electrons. The molecule has 0 aliphatic carbocycles. The minimum absolute atomic E-state index is 0.446. The van der Waals surface area contributed by atoms with Gasteiger partial charge in [0.15, 0.2) is 0 Å². The van der Waals surface area contributed by atoms with E-state index in [-0.39, 0.29) is 0 Å². The van der Waals surface area contributed by atoms with E-state index in [1.54, 1.807) is 0 Å². The van der Waals surface area contributed by atoms with Gasteiger partial charge < -0.3 is 4.90 Å². The number of anilines is 1. The van der Waals surface area contributed by atoms with Crippen LogP contribution in [0.3, 0.4) is 0 Å². The van der Waals surface area contributed by atoms with Gasteiger partial charge in [0.1, 0.15) is 11.0 Å². The summed E-state index contributed by atoms with van der Waals surface area (Å²) in [5.41, 5.74) is 1.27. The molecule has 0 bridgehead atoms. The third kappa shape index (κ3) is 2.48. The first-order valence-corrected chi connectivity index (χ1v) is 8.07. The van der Waals surface area contributed by atoms with Crippen LogP contribution in [-0.2, 0) is 0 Å². The van der Waals surface area contributed by atoms with Gasteiger partial charge in [0.2, 0.25) is 0 Å². The fourth-order valence-corrected chi connectivity index (χ4v) is 3.06. The van der Waals surface area contributed by atoms with Crippen molar-refractivity contribution in [2.45, 2.75) is 46.1 Å². The molecular formula is C17H22ClN3. The fourth-order valence-electron chi connectivity index (χ4n) is 2.90. The highest BCUT2D eigenvalue weighted by Gasteiger charge is 2.27. The first-order valence-electron chi connectivity index (χ1n) is 7.69. The smallest absolute Gasteiger partial charge is 0.138 e. The molecule has 1 fully saturated rings. The summed E-state index contributed by atoms with van der Waals surface area (Å²) >= 11 is 6.14. The van der Waals surface area contributed by atoms with Crippen LogP contribution in [0.1, 0.15) is 45.6 Å². The normalized spacial score (nSPS) is 19.9. The van der Waals surface area contributed by atoms with Gasteiger partial charge in [-0.2, -0.15) is 0 Å². The standard InChI is InChI=1S/C17H22ClN3/c1-10(2)12(4)14-8-20-17(21-6-5-11(21)3)15-9-19-16(18)7-13(14)15/h7-12H,5-6H2,1-4H3/t11-,12?/m1/s1. The van der Waals surface area contributed by atoms with E-state index in [2.05, 4.69) is 37.6 Å². The predicted molar refractivity (Wildman–Crippen MR) is 89.2 cm³/mol. The Hall–Kier alpha value is -1.35. The van der Waals surface area contributed by atoms with Gasteiger partial charge in [0.25, 0.3) is 0 Å². The molecule has 0 amide bonds. The van der Waals surface area contributed by atoms with Gasteiger partial charge in [-0.1, -0.05) is 32.4 Å². The molecule has 3 heterocycles. The second kappa shape index (κ2) is 5.45. The summed E-state index contributed by atoms with van der Waals surface area (Å²) in [6, 6.07) is 2.55. The Morgan fingerprint density at radius 2 is 1.95 bits per heavy atom. The lowest BCUT2D eigenvalue weighted by Gasteiger charge is -2.40. The largest absolute Gasteiger partial charge is 0.353 e.